The molecule has 0 amide bonds. The van der Waals surface area contributed by atoms with Gasteiger partial charge >= 0.3 is 0 Å². The Labute approximate surface area is 129 Å². The smallest absolute Gasteiger partial charge is 0.138 e. The van der Waals surface area contributed by atoms with Crippen LogP contribution in [0.25, 0.3) is 27.9 Å². The van der Waals surface area contributed by atoms with E-state index in [0.29, 0.717) is 5.56 Å². The Morgan fingerprint density at radius 3 is 2.86 bits per heavy atom. The third-order valence-electron chi connectivity index (χ3n) is 3.83. The van der Waals surface area contributed by atoms with Crippen LogP contribution < -0.4 is 5.32 Å². The Balaban J connectivity index is 2.21. The van der Waals surface area contributed by atoms with Crippen molar-refractivity contribution in [2.24, 2.45) is 0 Å². The molecule has 0 saturated heterocycles. The largest absolute Gasteiger partial charge is 0.387 e. The zero-order valence-corrected chi connectivity index (χ0v) is 12.6. The average molecular weight is 288 g/mol. The Bertz CT molecular complexity index is 912. The van der Waals surface area contributed by atoms with Crippen LogP contribution in [0.1, 0.15) is 16.8 Å². The van der Waals surface area contributed by atoms with Crippen molar-refractivity contribution in [3.63, 3.8) is 0 Å². The van der Waals surface area contributed by atoms with E-state index in [1.807, 2.05) is 44.3 Å². The van der Waals surface area contributed by atoms with E-state index in [9.17, 15) is 5.26 Å². The van der Waals surface area contributed by atoms with Gasteiger partial charge in [-0.05, 0) is 41.8 Å². The summed E-state index contributed by atoms with van der Waals surface area (Å²) in [5.74, 6) is 0. The summed E-state index contributed by atoms with van der Waals surface area (Å²) < 4.78 is 0. The second-order valence-electron chi connectivity index (χ2n) is 5.17. The number of H-pyrrole nitrogens is 1. The van der Waals surface area contributed by atoms with Crippen LogP contribution in [0.3, 0.4) is 0 Å². The maximum Gasteiger partial charge on any atom is 0.138 e. The quantitative estimate of drug-likeness (QED) is 0.774. The van der Waals surface area contributed by atoms with Gasteiger partial charge in [-0.2, -0.15) is 5.26 Å². The predicted molar refractivity (Wildman–Crippen MR) is 89.1 cm³/mol. The summed E-state index contributed by atoms with van der Waals surface area (Å²) in [6.45, 7) is 5.91. The van der Waals surface area contributed by atoms with E-state index in [1.54, 1.807) is 6.20 Å². The van der Waals surface area contributed by atoms with Gasteiger partial charge in [-0.25, -0.2) is 4.98 Å². The summed E-state index contributed by atoms with van der Waals surface area (Å²) in [5.41, 5.74) is 6.26. The third-order valence-corrected chi connectivity index (χ3v) is 3.83. The number of aryl methyl sites for hydroxylation is 1. The summed E-state index contributed by atoms with van der Waals surface area (Å²) in [4.78, 5) is 7.63. The number of aromatic amines is 1. The van der Waals surface area contributed by atoms with Crippen molar-refractivity contribution in [1.29, 1.82) is 5.26 Å². The molecule has 0 radical (unpaired) electrons. The molecule has 1 aromatic carbocycles. The van der Waals surface area contributed by atoms with Crippen molar-refractivity contribution < 1.29 is 0 Å². The number of pyridine rings is 1. The highest BCUT2D eigenvalue weighted by molar-refractivity contribution is 5.95. The maximum absolute atomic E-state index is 9.22. The molecule has 0 spiro atoms. The lowest BCUT2D eigenvalue weighted by molar-refractivity contribution is 1.11. The molecule has 0 fully saturated rings. The maximum atomic E-state index is 9.22. The molecule has 3 aromatic rings. The van der Waals surface area contributed by atoms with E-state index in [1.165, 1.54) is 0 Å². The highest BCUT2D eigenvalue weighted by Crippen LogP contribution is 2.30. The Morgan fingerprint density at radius 2 is 2.14 bits per heavy atom. The van der Waals surface area contributed by atoms with Gasteiger partial charge in [-0.1, -0.05) is 18.7 Å². The highest BCUT2D eigenvalue weighted by Gasteiger charge is 2.10. The van der Waals surface area contributed by atoms with Crippen LogP contribution in [0.15, 0.2) is 43.1 Å². The number of hydrogen-bond donors (Lipinski definition) is 2. The Morgan fingerprint density at radius 1 is 1.32 bits per heavy atom. The summed E-state index contributed by atoms with van der Waals surface area (Å²) >= 11 is 0. The van der Waals surface area contributed by atoms with E-state index < -0.39 is 0 Å². The molecule has 0 atom stereocenters. The normalized spacial score (nSPS) is 10.4. The van der Waals surface area contributed by atoms with Gasteiger partial charge in [-0.3, -0.25) is 0 Å². The van der Waals surface area contributed by atoms with Crippen molar-refractivity contribution in [2.45, 2.75) is 6.92 Å². The van der Waals surface area contributed by atoms with Crippen molar-refractivity contribution in [2.75, 3.05) is 7.05 Å². The lowest BCUT2D eigenvalue weighted by atomic mass is 9.99. The number of nitriles is 1. The summed E-state index contributed by atoms with van der Waals surface area (Å²) in [6.07, 6.45) is 1.77. The lowest BCUT2D eigenvalue weighted by Crippen LogP contribution is -2.02. The fourth-order valence-electron chi connectivity index (χ4n) is 2.49. The van der Waals surface area contributed by atoms with Crippen LogP contribution in [0.5, 0.6) is 0 Å². The van der Waals surface area contributed by atoms with Crippen molar-refractivity contribution >= 4 is 16.7 Å². The zero-order valence-electron chi connectivity index (χ0n) is 12.6. The molecule has 0 aliphatic carbocycles. The number of fused-ring (bicyclic) bond motifs is 1. The van der Waals surface area contributed by atoms with Crippen LogP contribution >= 0.6 is 0 Å². The second kappa shape index (κ2) is 5.38. The van der Waals surface area contributed by atoms with Gasteiger partial charge in [0.05, 0.1) is 23.0 Å². The Hall–Kier alpha value is -3.06. The molecule has 4 heteroatoms. The minimum absolute atomic E-state index is 0.692. The second-order valence-corrected chi connectivity index (χ2v) is 5.17. The molecule has 0 aliphatic rings. The molecular formula is C18H16N4. The van der Waals surface area contributed by atoms with Crippen molar-refractivity contribution in [3.8, 4) is 17.2 Å². The van der Waals surface area contributed by atoms with Gasteiger partial charge in [0.15, 0.2) is 0 Å². The molecular weight excluding hydrogens is 272 g/mol. The minimum atomic E-state index is 0.692. The molecule has 2 heterocycles. The van der Waals surface area contributed by atoms with Crippen molar-refractivity contribution in [3.05, 3.63) is 59.9 Å². The lowest BCUT2D eigenvalue weighted by Gasteiger charge is -2.05. The number of nitrogens with zero attached hydrogens (tertiary/aromatic N) is 2. The number of hydrogen-bond acceptors (Lipinski definition) is 3. The van der Waals surface area contributed by atoms with Gasteiger partial charge < -0.3 is 10.3 Å². The topological polar surface area (TPSA) is 64.5 Å². The van der Waals surface area contributed by atoms with Crippen LogP contribution in [0, 0.1) is 18.3 Å². The summed E-state index contributed by atoms with van der Waals surface area (Å²) in [7, 11) is 1.83. The first-order valence-corrected chi connectivity index (χ1v) is 7.00. The Kier molecular flexibility index (Phi) is 3.40. The van der Waals surface area contributed by atoms with E-state index >= 15 is 0 Å². The van der Waals surface area contributed by atoms with E-state index in [0.717, 1.165) is 39.1 Å². The molecule has 2 aromatic heterocycles. The van der Waals surface area contributed by atoms with E-state index in [2.05, 4.69) is 27.9 Å². The first-order valence-electron chi connectivity index (χ1n) is 7.00. The number of rotatable bonds is 3. The monoisotopic (exact) mass is 288 g/mol. The standard InChI is InChI=1S/C18H16N4/c1-11-4-5-13(8-14(11)10-19)15-6-7-21-18-16(15)9-17(22-18)12(2)20-3/h4-9,20H,2H2,1,3H3,(H,21,22). The fourth-order valence-corrected chi connectivity index (χ4v) is 2.49. The molecule has 0 unspecified atom stereocenters. The van der Waals surface area contributed by atoms with Gasteiger partial charge in [0.25, 0.3) is 0 Å². The highest BCUT2D eigenvalue weighted by atomic mass is 14.9. The minimum Gasteiger partial charge on any atom is -0.387 e. The molecule has 3 rings (SSSR count). The average Bonchev–Trinajstić information content (AvgIpc) is 2.98. The third kappa shape index (κ3) is 2.23. The van der Waals surface area contributed by atoms with Crippen LogP contribution in [0.4, 0.5) is 0 Å². The van der Waals surface area contributed by atoms with Crippen LogP contribution in [-0.2, 0) is 0 Å². The first-order chi connectivity index (χ1) is 10.6. The zero-order chi connectivity index (χ0) is 15.7. The molecule has 0 saturated carbocycles. The number of nitrogens with one attached hydrogen (secondary N) is 2. The van der Waals surface area contributed by atoms with Gasteiger partial charge in [0, 0.05) is 18.6 Å². The first kappa shape index (κ1) is 13.9. The number of aromatic nitrogens is 2. The number of benzene rings is 1. The van der Waals surface area contributed by atoms with Crippen LogP contribution in [0.2, 0.25) is 0 Å². The van der Waals surface area contributed by atoms with Gasteiger partial charge in [0.2, 0.25) is 0 Å². The predicted octanol–water partition coefficient (Wildman–Crippen LogP) is 3.60. The summed E-state index contributed by atoms with van der Waals surface area (Å²) in [6, 6.07) is 12.2. The molecule has 22 heavy (non-hydrogen) atoms. The van der Waals surface area contributed by atoms with Gasteiger partial charge in [0.1, 0.15) is 5.65 Å². The molecule has 108 valence electrons. The molecule has 0 aliphatic heterocycles. The van der Waals surface area contributed by atoms with E-state index in [-0.39, 0.29) is 0 Å². The molecule has 4 nitrogen and oxygen atoms in total. The molecule has 0 bridgehead atoms. The van der Waals surface area contributed by atoms with E-state index in [4.69, 9.17) is 0 Å². The summed E-state index contributed by atoms with van der Waals surface area (Å²) in [5, 5.41) is 13.3. The molecule has 2 N–H and O–H groups in total. The van der Waals surface area contributed by atoms with Gasteiger partial charge in [-0.15, -0.1) is 0 Å². The fraction of sp³-hybridized carbons (Fsp3) is 0.111. The van der Waals surface area contributed by atoms with Crippen LogP contribution in [-0.4, -0.2) is 17.0 Å². The van der Waals surface area contributed by atoms with Crippen molar-refractivity contribution in [1.82, 2.24) is 15.3 Å². The SMILES string of the molecule is C=C(NC)c1cc2c(-c3ccc(C)c(C#N)c3)ccnc2[nH]1.